The van der Waals surface area contributed by atoms with Gasteiger partial charge >= 0.3 is 11.9 Å². The van der Waals surface area contributed by atoms with E-state index < -0.39 is 23.5 Å². The fraction of sp³-hybridized carbons (Fsp3) is 0.857. The maximum atomic E-state index is 11.9. The number of carboxylic acid groups (broad SMARTS) is 1. The summed E-state index contributed by atoms with van der Waals surface area (Å²) < 4.78 is 5.18. The third-order valence-electron chi connectivity index (χ3n) is 3.28. The maximum Gasteiger partial charge on any atom is 0.320 e. The predicted octanol–water partition coefficient (Wildman–Crippen LogP) is 3.00. The quantitative estimate of drug-likeness (QED) is 0.620. The molecule has 1 fully saturated rings. The number of ether oxygens (including phenoxy) is 1. The van der Waals surface area contributed by atoms with Gasteiger partial charge in [-0.3, -0.25) is 9.59 Å². The number of carbonyl (C=O) groups is 2. The lowest BCUT2D eigenvalue weighted by molar-refractivity contribution is -0.167. The van der Waals surface area contributed by atoms with Gasteiger partial charge in [-0.25, -0.2) is 0 Å². The van der Waals surface area contributed by atoms with Crippen LogP contribution in [0.2, 0.25) is 0 Å². The average Bonchev–Trinajstić information content (AvgIpc) is 2.24. The molecule has 1 saturated carbocycles. The van der Waals surface area contributed by atoms with E-state index in [4.69, 9.17) is 4.74 Å². The second-order valence-corrected chi connectivity index (χ2v) is 6.16. The van der Waals surface area contributed by atoms with Crippen LogP contribution in [0, 0.1) is 11.8 Å². The summed E-state index contributed by atoms with van der Waals surface area (Å²) in [6, 6.07) is 0. The molecule has 0 radical (unpaired) electrons. The van der Waals surface area contributed by atoms with Crippen molar-refractivity contribution in [2.45, 2.75) is 64.9 Å². The summed E-state index contributed by atoms with van der Waals surface area (Å²) in [5.74, 6) is -2.31. The zero-order chi connectivity index (χ0) is 13.8. The topological polar surface area (TPSA) is 63.6 Å². The van der Waals surface area contributed by atoms with Crippen LogP contribution >= 0.6 is 0 Å². The van der Waals surface area contributed by atoms with Crippen molar-refractivity contribution < 1.29 is 19.4 Å². The van der Waals surface area contributed by atoms with Crippen molar-refractivity contribution in [1.29, 1.82) is 0 Å². The van der Waals surface area contributed by atoms with Crippen molar-refractivity contribution in [2.75, 3.05) is 0 Å². The van der Waals surface area contributed by atoms with Crippen molar-refractivity contribution in [2.24, 2.45) is 11.8 Å². The standard InChI is InChI=1S/C14H24O4/c1-14(2,3)18-13(17)11(12(15)16)9-10-7-5-4-6-8-10/h10-11H,4-9H2,1-3H3,(H,15,16). The fourth-order valence-corrected chi connectivity index (χ4v) is 2.43. The highest BCUT2D eigenvalue weighted by Crippen LogP contribution is 2.30. The van der Waals surface area contributed by atoms with Crippen LogP contribution in [0.15, 0.2) is 0 Å². The van der Waals surface area contributed by atoms with E-state index in [1.165, 1.54) is 6.42 Å². The molecule has 1 atom stereocenters. The van der Waals surface area contributed by atoms with Gasteiger partial charge in [-0.05, 0) is 33.1 Å². The summed E-state index contributed by atoms with van der Waals surface area (Å²) in [5, 5.41) is 9.17. The summed E-state index contributed by atoms with van der Waals surface area (Å²) >= 11 is 0. The Morgan fingerprint density at radius 1 is 1.22 bits per heavy atom. The third kappa shape index (κ3) is 5.07. The average molecular weight is 256 g/mol. The molecule has 1 unspecified atom stereocenters. The molecule has 0 bridgehead atoms. The van der Waals surface area contributed by atoms with E-state index >= 15 is 0 Å². The molecular weight excluding hydrogens is 232 g/mol. The molecule has 1 aliphatic rings. The highest BCUT2D eigenvalue weighted by atomic mass is 16.6. The molecule has 0 aromatic heterocycles. The molecule has 18 heavy (non-hydrogen) atoms. The minimum absolute atomic E-state index is 0.354. The van der Waals surface area contributed by atoms with Gasteiger partial charge in [0.05, 0.1) is 0 Å². The predicted molar refractivity (Wildman–Crippen MR) is 68.2 cm³/mol. The van der Waals surface area contributed by atoms with Gasteiger partial charge in [0.2, 0.25) is 0 Å². The van der Waals surface area contributed by atoms with Gasteiger partial charge in [0.25, 0.3) is 0 Å². The number of carboxylic acids is 1. The van der Waals surface area contributed by atoms with E-state index in [2.05, 4.69) is 0 Å². The molecule has 0 aliphatic heterocycles. The van der Waals surface area contributed by atoms with E-state index in [1.807, 2.05) is 0 Å². The zero-order valence-corrected chi connectivity index (χ0v) is 11.6. The van der Waals surface area contributed by atoms with Crippen LogP contribution in [0.4, 0.5) is 0 Å². The Hall–Kier alpha value is -1.06. The minimum atomic E-state index is -1.06. The largest absolute Gasteiger partial charge is 0.481 e. The first-order chi connectivity index (χ1) is 8.29. The number of hydrogen-bond acceptors (Lipinski definition) is 3. The fourth-order valence-electron chi connectivity index (χ4n) is 2.43. The van der Waals surface area contributed by atoms with E-state index in [-0.39, 0.29) is 0 Å². The zero-order valence-electron chi connectivity index (χ0n) is 11.6. The van der Waals surface area contributed by atoms with Crippen LogP contribution in [0.3, 0.4) is 0 Å². The summed E-state index contributed by atoms with van der Waals surface area (Å²) in [5.41, 5.74) is -0.628. The molecule has 0 amide bonds. The Kier molecular flexibility index (Phi) is 5.17. The second-order valence-electron chi connectivity index (χ2n) is 6.16. The number of carbonyl (C=O) groups excluding carboxylic acids is 1. The Morgan fingerprint density at radius 2 is 1.78 bits per heavy atom. The molecule has 0 aromatic carbocycles. The summed E-state index contributed by atoms with van der Waals surface area (Å²) in [4.78, 5) is 23.1. The van der Waals surface area contributed by atoms with Crippen molar-refractivity contribution >= 4 is 11.9 Å². The Balaban J connectivity index is 2.58. The molecular formula is C14H24O4. The Labute approximate surface area is 109 Å². The number of aliphatic carboxylic acids is 1. The van der Waals surface area contributed by atoms with Gasteiger partial charge in [0, 0.05) is 0 Å². The maximum absolute atomic E-state index is 11.9. The smallest absolute Gasteiger partial charge is 0.320 e. The van der Waals surface area contributed by atoms with Crippen molar-refractivity contribution in [1.82, 2.24) is 0 Å². The van der Waals surface area contributed by atoms with E-state index in [0.717, 1.165) is 25.7 Å². The molecule has 4 nitrogen and oxygen atoms in total. The Morgan fingerprint density at radius 3 is 2.22 bits per heavy atom. The van der Waals surface area contributed by atoms with E-state index in [9.17, 15) is 14.7 Å². The van der Waals surface area contributed by atoms with E-state index in [0.29, 0.717) is 12.3 Å². The summed E-state index contributed by atoms with van der Waals surface area (Å²) in [6.45, 7) is 5.26. The second kappa shape index (κ2) is 6.21. The first kappa shape index (κ1) is 15.0. The number of rotatable bonds is 4. The van der Waals surface area contributed by atoms with Crippen molar-refractivity contribution in [3.8, 4) is 0 Å². The lowest BCUT2D eigenvalue weighted by Crippen LogP contribution is -2.34. The number of esters is 1. The van der Waals surface area contributed by atoms with Crippen LogP contribution in [0.1, 0.15) is 59.3 Å². The Bertz CT molecular complexity index is 297. The van der Waals surface area contributed by atoms with Crippen LogP contribution in [0.5, 0.6) is 0 Å². The van der Waals surface area contributed by atoms with E-state index in [1.54, 1.807) is 20.8 Å². The molecule has 1 N–H and O–H groups in total. The van der Waals surface area contributed by atoms with Crippen LogP contribution in [-0.4, -0.2) is 22.6 Å². The molecule has 0 aromatic rings. The lowest BCUT2D eigenvalue weighted by atomic mass is 9.83. The van der Waals surface area contributed by atoms with Crippen LogP contribution < -0.4 is 0 Å². The van der Waals surface area contributed by atoms with Gasteiger partial charge in [-0.15, -0.1) is 0 Å². The molecule has 1 rings (SSSR count). The highest BCUT2D eigenvalue weighted by molar-refractivity contribution is 5.94. The summed E-state index contributed by atoms with van der Waals surface area (Å²) in [6.07, 6.45) is 6.00. The highest BCUT2D eigenvalue weighted by Gasteiger charge is 2.33. The van der Waals surface area contributed by atoms with Crippen molar-refractivity contribution in [3.05, 3.63) is 0 Å². The van der Waals surface area contributed by atoms with Gasteiger partial charge in [-0.1, -0.05) is 32.1 Å². The molecule has 1 aliphatic carbocycles. The molecule has 4 heteroatoms. The first-order valence-electron chi connectivity index (χ1n) is 6.75. The van der Waals surface area contributed by atoms with Gasteiger partial charge in [0.1, 0.15) is 5.60 Å². The van der Waals surface area contributed by atoms with Crippen LogP contribution in [-0.2, 0) is 14.3 Å². The molecule has 0 heterocycles. The SMILES string of the molecule is CC(C)(C)OC(=O)C(CC1CCCCC1)C(=O)O. The lowest BCUT2D eigenvalue weighted by Gasteiger charge is -2.26. The molecule has 0 saturated heterocycles. The number of hydrogen-bond donors (Lipinski definition) is 1. The summed E-state index contributed by atoms with van der Waals surface area (Å²) in [7, 11) is 0. The normalized spacial score (nSPS) is 19.3. The third-order valence-corrected chi connectivity index (χ3v) is 3.28. The molecule has 104 valence electrons. The monoisotopic (exact) mass is 256 g/mol. The van der Waals surface area contributed by atoms with Gasteiger partial charge < -0.3 is 9.84 Å². The van der Waals surface area contributed by atoms with Gasteiger partial charge in [-0.2, -0.15) is 0 Å². The van der Waals surface area contributed by atoms with Gasteiger partial charge in [0.15, 0.2) is 5.92 Å². The van der Waals surface area contributed by atoms with Crippen LogP contribution in [0.25, 0.3) is 0 Å². The first-order valence-corrected chi connectivity index (χ1v) is 6.75. The minimum Gasteiger partial charge on any atom is -0.481 e. The molecule has 0 spiro atoms. The van der Waals surface area contributed by atoms with Crippen molar-refractivity contribution in [3.63, 3.8) is 0 Å².